The minimum atomic E-state index is -0.0895. The summed E-state index contributed by atoms with van der Waals surface area (Å²) in [7, 11) is 3.64. The van der Waals surface area contributed by atoms with Crippen molar-refractivity contribution in [2.24, 2.45) is 0 Å². The molecule has 29 heavy (non-hydrogen) atoms. The van der Waals surface area contributed by atoms with Crippen molar-refractivity contribution in [2.75, 3.05) is 19.0 Å². The molecule has 150 valence electrons. The summed E-state index contributed by atoms with van der Waals surface area (Å²) in [5, 5.41) is 5.27. The lowest BCUT2D eigenvalue weighted by Gasteiger charge is -2.18. The smallest absolute Gasteiger partial charge is 0.251 e. The third kappa shape index (κ3) is 5.28. The van der Waals surface area contributed by atoms with Gasteiger partial charge in [-0.05, 0) is 36.9 Å². The van der Waals surface area contributed by atoms with Crippen molar-refractivity contribution < 1.29 is 9.59 Å². The second kappa shape index (κ2) is 9.45. The van der Waals surface area contributed by atoms with E-state index in [-0.39, 0.29) is 11.8 Å². The number of nitrogens with zero attached hydrogens (tertiary/aromatic N) is 3. The Balaban J connectivity index is 1.66. The molecule has 2 amide bonds. The summed E-state index contributed by atoms with van der Waals surface area (Å²) in [5.74, 6) is -0.157. The third-order valence-electron chi connectivity index (χ3n) is 4.39. The lowest BCUT2D eigenvalue weighted by molar-refractivity contribution is -0.115. The Morgan fingerprint density at radius 1 is 1.03 bits per heavy atom. The molecule has 0 bridgehead atoms. The number of anilines is 2. The van der Waals surface area contributed by atoms with E-state index in [1.807, 2.05) is 67.0 Å². The number of thiazole rings is 1. The zero-order valence-corrected chi connectivity index (χ0v) is 17.6. The summed E-state index contributed by atoms with van der Waals surface area (Å²) >= 11 is 1.46. The van der Waals surface area contributed by atoms with E-state index in [0.717, 1.165) is 23.5 Å². The molecule has 0 fully saturated rings. The van der Waals surface area contributed by atoms with Gasteiger partial charge < -0.3 is 5.32 Å². The molecular weight excluding hydrogens is 384 g/mol. The summed E-state index contributed by atoms with van der Waals surface area (Å²) in [6.07, 6.45) is 0. The fourth-order valence-electron chi connectivity index (χ4n) is 3.03. The van der Waals surface area contributed by atoms with Crippen molar-refractivity contribution in [2.45, 2.75) is 20.0 Å². The fraction of sp³-hybridized carbons (Fsp3) is 0.227. The zero-order valence-electron chi connectivity index (χ0n) is 16.8. The Hall–Kier alpha value is -3.03. The molecule has 0 saturated heterocycles. The van der Waals surface area contributed by atoms with E-state index in [0.29, 0.717) is 17.2 Å². The summed E-state index contributed by atoms with van der Waals surface area (Å²) in [6.45, 7) is 2.94. The van der Waals surface area contributed by atoms with Gasteiger partial charge in [0.25, 0.3) is 5.91 Å². The van der Waals surface area contributed by atoms with Crippen LogP contribution < -0.4 is 10.2 Å². The molecule has 1 N–H and O–H groups in total. The highest BCUT2D eigenvalue weighted by Crippen LogP contribution is 2.29. The first-order valence-electron chi connectivity index (χ1n) is 9.27. The number of aromatic nitrogens is 1. The van der Waals surface area contributed by atoms with Crippen molar-refractivity contribution >= 4 is 34.0 Å². The number of rotatable bonds is 7. The van der Waals surface area contributed by atoms with Gasteiger partial charge in [-0.3, -0.25) is 19.4 Å². The highest BCUT2D eigenvalue weighted by Gasteiger charge is 2.18. The van der Waals surface area contributed by atoms with Crippen LogP contribution >= 0.6 is 11.3 Å². The van der Waals surface area contributed by atoms with Gasteiger partial charge in [0.15, 0.2) is 5.13 Å². The molecule has 0 aliphatic heterocycles. The maximum atomic E-state index is 12.2. The van der Waals surface area contributed by atoms with Crippen LogP contribution in [-0.4, -0.2) is 35.8 Å². The van der Waals surface area contributed by atoms with Gasteiger partial charge in [-0.2, -0.15) is 0 Å². The summed E-state index contributed by atoms with van der Waals surface area (Å²) in [5.41, 5.74) is 3.49. The molecule has 0 saturated carbocycles. The van der Waals surface area contributed by atoms with E-state index >= 15 is 0 Å². The molecule has 0 radical (unpaired) electrons. The average Bonchev–Trinajstić information content (AvgIpc) is 3.16. The number of carbonyl (C=O) groups is 2. The maximum absolute atomic E-state index is 12.2. The molecule has 3 rings (SSSR count). The summed E-state index contributed by atoms with van der Waals surface area (Å²) in [6, 6.07) is 17.1. The van der Waals surface area contributed by atoms with Crippen LogP contribution in [0.15, 0.2) is 60.0 Å². The van der Waals surface area contributed by atoms with Crippen molar-refractivity contribution in [3.05, 3.63) is 76.8 Å². The molecule has 0 aliphatic carbocycles. The SMILES string of the molecule is CNC(=O)c1ccc(CN(C)Cc2csc(N(C(C)=O)c3ccccc3)n2)cc1. The van der Waals surface area contributed by atoms with Crippen LogP contribution in [0.5, 0.6) is 0 Å². The van der Waals surface area contributed by atoms with Crippen LogP contribution in [0.4, 0.5) is 10.8 Å². The van der Waals surface area contributed by atoms with Crippen LogP contribution in [0, 0.1) is 0 Å². The minimum absolute atomic E-state index is 0.0679. The monoisotopic (exact) mass is 408 g/mol. The van der Waals surface area contributed by atoms with Crippen LogP contribution in [0.25, 0.3) is 0 Å². The molecular formula is C22H24N4O2S. The summed E-state index contributed by atoms with van der Waals surface area (Å²) in [4.78, 5) is 32.3. The molecule has 2 aromatic carbocycles. The van der Waals surface area contributed by atoms with Crippen molar-refractivity contribution in [1.82, 2.24) is 15.2 Å². The number of carbonyl (C=O) groups excluding carboxylic acids is 2. The van der Waals surface area contributed by atoms with Gasteiger partial charge in [0.2, 0.25) is 5.91 Å². The molecule has 6 nitrogen and oxygen atoms in total. The molecule has 0 spiro atoms. The fourth-order valence-corrected chi connectivity index (χ4v) is 3.90. The van der Waals surface area contributed by atoms with E-state index in [1.54, 1.807) is 18.9 Å². The van der Waals surface area contributed by atoms with Crippen molar-refractivity contribution in [3.63, 3.8) is 0 Å². The van der Waals surface area contributed by atoms with E-state index in [2.05, 4.69) is 15.2 Å². The average molecular weight is 409 g/mol. The zero-order chi connectivity index (χ0) is 20.8. The quantitative estimate of drug-likeness (QED) is 0.645. The number of hydrogen-bond acceptors (Lipinski definition) is 5. The standard InChI is InChI=1S/C22H24N4O2S/c1-16(27)26(20-7-5-4-6-8-20)22-24-19(15-29-22)14-25(3)13-17-9-11-18(12-10-17)21(28)23-2/h4-12,15H,13-14H2,1-3H3,(H,23,28). The predicted molar refractivity (Wildman–Crippen MR) is 116 cm³/mol. The van der Waals surface area contributed by atoms with Gasteiger partial charge in [0, 0.05) is 38.0 Å². The van der Waals surface area contributed by atoms with Crippen LogP contribution in [0.2, 0.25) is 0 Å². The second-order valence-corrected chi connectivity index (χ2v) is 7.60. The third-order valence-corrected chi connectivity index (χ3v) is 5.26. The van der Waals surface area contributed by atoms with E-state index in [9.17, 15) is 9.59 Å². The van der Waals surface area contributed by atoms with Gasteiger partial charge in [-0.1, -0.05) is 30.3 Å². The van der Waals surface area contributed by atoms with Crippen LogP contribution in [-0.2, 0) is 17.9 Å². The van der Waals surface area contributed by atoms with Crippen molar-refractivity contribution in [3.8, 4) is 0 Å². The van der Waals surface area contributed by atoms with Gasteiger partial charge in [0.1, 0.15) is 0 Å². The summed E-state index contributed by atoms with van der Waals surface area (Å²) < 4.78 is 0. The molecule has 0 atom stereocenters. The number of benzene rings is 2. The van der Waals surface area contributed by atoms with E-state index in [1.165, 1.54) is 11.3 Å². The van der Waals surface area contributed by atoms with E-state index in [4.69, 9.17) is 0 Å². The maximum Gasteiger partial charge on any atom is 0.251 e. The number of nitrogens with one attached hydrogen (secondary N) is 1. The molecule has 3 aromatic rings. The highest BCUT2D eigenvalue weighted by atomic mass is 32.1. The Bertz CT molecular complexity index is 970. The molecule has 7 heteroatoms. The Labute approximate surface area is 174 Å². The normalized spacial score (nSPS) is 10.8. The minimum Gasteiger partial charge on any atom is -0.355 e. The molecule has 0 aliphatic rings. The lowest BCUT2D eigenvalue weighted by atomic mass is 10.1. The van der Waals surface area contributed by atoms with Gasteiger partial charge >= 0.3 is 0 Å². The molecule has 0 unspecified atom stereocenters. The first kappa shape index (κ1) is 20.7. The Morgan fingerprint density at radius 2 is 1.72 bits per heavy atom. The van der Waals surface area contributed by atoms with Crippen molar-refractivity contribution in [1.29, 1.82) is 0 Å². The van der Waals surface area contributed by atoms with Crippen LogP contribution in [0.3, 0.4) is 0 Å². The highest BCUT2D eigenvalue weighted by molar-refractivity contribution is 7.14. The van der Waals surface area contributed by atoms with Gasteiger partial charge in [0.05, 0.1) is 11.4 Å². The number of amides is 2. The number of hydrogen-bond donors (Lipinski definition) is 1. The predicted octanol–water partition coefficient (Wildman–Crippen LogP) is 3.82. The molecule has 1 heterocycles. The largest absolute Gasteiger partial charge is 0.355 e. The molecule has 1 aromatic heterocycles. The Kier molecular flexibility index (Phi) is 6.74. The topological polar surface area (TPSA) is 65.5 Å². The lowest BCUT2D eigenvalue weighted by Crippen LogP contribution is -2.23. The van der Waals surface area contributed by atoms with Gasteiger partial charge in [-0.15, -0.1) is 11.3 Å². The Morgan fingerprint density at radius 3 is 2.34 bits per heavy atom. The van der Waals surface area contributed by atoms with Gasteiger partial charge in [-0.25, -0.2) is 4.98 Å². The first-order valence-corrected chi connectivity index (χ1v) is 10.2. The second-order valence-electron chi connectivity index (χ2n) is 6.76. The van der Waals surface area contributed by atoms with E-state index < -0.39 is 0 Å². The number of para-hydroxylation sites is 1. The first-order chi connectivity index (χ1) is 14.0. The van der Waals surface area contributed by atoms with Crippen LogP contribution in [0.1, 0.15) is 28.5 Å².